The Morgan fingerprint density at radius 2 is 1.57 bits per heavy atom. The molecule has 0 saturated heterocycles. The quantitative estimate of drug-likeness (QED) is 0.314. The van der Waals surface area contributed by atoms with Crippen LogP contribution in [0.25, 0.3) is 11.0 Å². The van der Waals surface area contributed by atoms with Crippen LogP contribution in [0.3, 0.4) is 0 Å². The number of aryl methyl sites for hydroxylation is 1. The summed E-state index contributed by atoms with van der Waals surface area (Å²) >= 11 is 0. The Balaban J connectivity index is 1.44. The smallest absolute Gasteiger partial charge is 0.147 e. The van der Waals surface area contributed by atoms with Crippen LogP contribution >= 0.6 is 0 Å². The second-order valence-electron chi connectivity index (χ2n) is 7.66. The summed E-state index contributed by atoms with van der Waals surface area (Å²) in [4.78, 5) is 4.80. The van der Waals surface area contributed by atoms with Gasteiger partial charge in [0.05, 0.1) is 17.6 Å². The molecule has 3 aromatic carbocycles. The van der Waals surface area contributed by atoms with Gasteiger partial charge in [-0.25, -0.2) is 4.98 Å². The highest BCUT2D eigenvalue weighted by Gasteiger charge is 2.12. The number of benzene rings is 3. The predicted molar refractivity (Wildman–Crippen MR) is 121 cm³/mol. The largest absolute Gasteiger partial charge is 0.493 e. The van der Waals surface area contributed by atoms with E-state index >= 15 is 0 Å². The Morgan fingerprint density at radius 1 is 0.833 bits per heavy atom. The van der Waals surface area contributed by atoms with Gasteiger partial charge in [-0.2, -0.15) is 0 Å². The molecule has 4 rings (SSSR count). The molecule has 4 aromatic rings. The summed E-state index contributed by atoms with van der Waals surface area (Å²) in [5, 5.41) is 0. The number of fused-ring (bicyclic) bond motifs is 1. The summed E-state index contributed by atoms with van der Waals surface area (Å²) in [7, 11) is 0. The van der Waals surface area contributed by atoms with E-state index in [1.54, 1.807) is 0 Å². The molecule has 0 atom stereocenters. The molecule has 0 unspecified atom stereocenters. The van der Waals surface area contributed by atoms with Gasteiger partial charge in [-0.15, -0.1) is 0 Å². The molecule has 0 aliphatic carbocycles. The van der Waals surface area contributed by atoms with Crippen LogP contribution in [0.1, 0.15) is 37.6 Å². The van der Waals surface area contributed by atoms with Crippen molar-refractivity contribution in [2.75, 3.05) is 6.61 Å². The summed E-state index contributed by atoms with van der Waals surface area (Å²) < 4.78 is 14.3. The molecule has 0 amide bonds. The minimum atomic E-state index is 0.440. The molecule has 4 heteroatoms. The van der Waals surface area contributed by atoms with Crippen molar-refractivity contribution in [1.29, 1.82) is 0 Å². The number of aromatic nitrogens is 2. The van der Waals surface area contributed by atoms with Gasteiger partial charge in [-0.05, 0) is 48.2 Å². The van der Waals surface area contributed by atoms with Gasteiger partial charge in [0.2, 0.25) is 0 Å². The molecule has 0 fully saturated rings. The van der Waals surface area contributed by atoms with Crippen molar-refractivity contribution >= 4 is 11.0 Å². The zero-order chi connectivity index (χ0) is 20.8. The van der Waals surface area contributed by atoms with Crippen molar-refractivity contribution in [1.82, 2.24) is 9.55 Å². The van der Waals surface area contributed by atoms with Crippen LogP contribution in [-0.4, -0.2) is 16.2 Å². The molecule has 0 aliphatic rings. The van der Waals surface area contributed by atoms with Crippen molar-refractivity contribution < 1.29 is 9.47 Å². The highest BCUT2D eigenvalue weighted by atomic mass is 16.5. The molecule has 1 heterocycles. The zero-order valence-electron chi connectivity index (χ0n) is 17.6. The Kier molecular flexibility index (Phi) is 6.33. The predicted octanol–water partition coefficient (Wildman–Crippen LogP) is 6.21. The number of para-hydroxylation sites is 4. The normalized spacial score (nSPS) is 11.2. The molecule has 0 aliphatic heterocycles. The molecule has 0 saturated carbocycles. The number of imidazole rings is 1. The average Bonchev–Trinajstić information content (AvgIpc) is 3.13. The van der Waals surface area contributed by atoms with Gasteiger partial charge in [-0.3, -0.25) is 0 Å². The van der Waals surface area contributed by atoms with Crippen LogP contribution in [0.5, 0.6) is 11.5 Å². The lowest BCUT2D eigenvalue weighted by Gasteiger charge is -2.15. The summed E-state index contributed by atoms with van der Waals surface area (Å²) in [6.07, 6.45) is 0.894. The van der Waals surface area contributed by atoms with Crippen LogP contribution in [0, 0.1) is 0 Å². The van der Waals surface area contributed by atoms with Crippen LogP contribution in [0.2, 0.25) is 0 Å². The Bertz CT molecular complexity index is 1090. The third kappa shape index (κ3) is 4.65. The van der Waals surface area contributed by atoms with Gasteiger partial charge in [0.25, 0.3) is 0 Å². The van der Waals surface area contributed by atoms with Crippen molar-refractivity contribution in [2.24, 2.45) is 0 Å². The molecule has 1 aromatic heterocycles. The van der Waals surface area contributed by atoms with E-state index in [0.717, 1.165) is 41.3 Å². The van der Waals surface area contributed by atoms with E-state index in [9.17, 15) is 0 Å². The van der Waals surface area contributed by atoms with Gasteiger partial charge in [-0.1, -0.05) is 62.4 Å². The van der Waals surface area contributed by atoms with E-state index < -0.39 is 0 Å². The van der Waals surface area contributed by atoms with Gasteiger partial charge >= 0.3 is 0 Å². The van der Waals surface area contributed by atoms with Gasteiger partial charge < -0.3 is 14.0 Å². The molecule has 0 radical (unpaired) electrons. The zero-order valence-corrected chi connectivity index (χ0v) is 17.6. The molecule has 30 heavy (non-hydrogen) atoms. The standard InChI is InChI=1S/C26H28N2O2/c1-20(2)22-13-6-9-16-25(22)29-18-10-17-28-24-15-8-7-14-23(24)27-26(28)19-30-21-11-4-3-5-12-21/h3-9,11-16,20H,10,17-19H2,1-2H3. The number of ether oxygens (including phenoxy) is 2. The number of hydrogen-bond acceptors (Lipinski definition) is 3. The van der Waals surface area contributed by atoms with Crippen molar-refractivity contribution in [3.63, 3.8) is 0 Å². The minimum absolute atomic E-state index is 0.440. The van der Waals surface area contributed by atoms with Crippen LogP contribution in [-0.2, 0) is 13.2 Å². The summed E-state index contributed by atoms with van der Waals surface area (Å²) in [5.74, 6) is 3.21. The minimum Gasteiger partial charge on any atom is -0.493 e. The van der Waals surface area contributed by atoms with E-state index in [4.69, 9.17) is 14.5 Å². The second-order valence-corrected chi connectivity index (χ2v) is 7.66. The lowest BCUT2D eigenvalue weighted by molar-refractivity contribution is 0.279. The second kappa shape index (κ2) is 9.49. The van der Waals surface area contributed by atoms with Crippen LogP contribution in [0.15, 0.2) is 78.9 Å². The molecule has 4 nitrogen and oxygen atoms in total. The lowest BCUT2D eigenvalue weighted by atomic mass is 10.0. The van der Waals surface area contributed by atoms with Crippen LogP contribution in [0.4, 0.5) is 0 Å². The van der Waals surface area contributed by atoms with Crippen LogP contribution < -0.4 is 9.47 Å². The van der Waals surface area contributed by atoms with E-state index in [1.165, 1.54) is 5.56 Å². The molecule has 0 spiro atoms. The summed E-state index contributed by atoms with van der Waals surface area (Å²) in [6.45, 7) is 6.32. The maximum atomic E-state index is 6.11. The first-order chi connectivity index (χ1) is 14.7. The molecule has 0 N–H and O–H groups in total. The fraction of sp³-hybridized carbons (Fsp3) is 0.269. The number of rotatable bonds is 9. The van der Waals surface area contributed by atoms with Crippen molar-refractivity contribution in [3.05, 3.63) is 90.3 Å². The molecular formula is C26H28N2O2. The maximum absolute atomic E-state index is 6.11. The first kappa shape index (κ1) is 20.0. The van der Waals surface area contributed by atoms with Gasteiger partial charge in [0.1, 0.15) is 23.9 Å². The summed E-state index contributed by atoms with van der Waals surface area (Å²) in [5.41, 5.74) is 3.38. The van der Waals surface area contributed by atoms with E-state index in [-0.39, 0.29) is 0 Å². The van der Waals surface area contributed by atoms with E-state index in [0.29, 0.717) is 19.1 Å². The number of hydrogen-bond donors (Lipinski definition) is 0. The topological polar surface area (TPSA) is 36.3 Å². The first-order valence-corrected chi connectivity index (χ1v) is 10.6. The first-order valence-electron chi connectivity index (χ1n) is 10.6. The molecule has 154 valence electrons. The maximum Gasteiger partial charge on any atom is 0.147 e. The SMILES string of the molecule is CC(C)c1ccccc1OCCCn1c(COc2ccccc2)nc2ccccc21. The van der Waals surface area contributed by atoms with E-state index in [1.807, 2.05) is 48.5 Å². The van der Waals surface area contributed by atoms with Crippen molar-refractivity contribution in [2.45, 2.75) is 39.3 Å². The Hall–Kier alpha value is -3.27. The third-order valence-electron chi connectivity index (χ3n) is 5.17. The fourth-order valence-electron chi connectivity index (χ4n) is 3.64. The molecular weight excluding hydrogens is 372 g/mol. The Labute approximate surface area is 178 Å². The monoisotopic (exact) mass is 400 g/mol. The molecule has 0 bridgehead atoms. The highest BCUT2D eigenvalue weighted by molar-refractivity contribution is 5.75. The third-order valence-corrected chi connectivity index (χ3v) is 5.17. The Morgan fingerprint density at radius 3 is 2.40 bits per heavy atom. The fourth-order valence-corrected chi connectivity index (χ4v) is 3.64. The highest BCUT2D eigenvalue weighted by Crippen LogP contribution is 2.26. The van der Waals surface area contributed by atoms with Crippen molar-refractivity contribution in [3.8, 4) is 11.5 Å². The average molecular weight is 401 g/mol. The van der Waals surface area contributed by atoms with Gasteiger partial charge in [0.15, 0.2) is 0 Å². The van der Waals surface area contributed by atoms with Gasteiger partial charge in [0, 0.05) is 6.54 Å². The number of nitrogens with zero attached hydrogens (tertiary/aromatic N) is 2. The van der Waals surface area contributed by atoms with E-state index in [2.05, 4.69) is 48.7 Å². The lowest BCUT2D eigenvalue weighted by Crippen LogP contribution is -2.10. The summed E-state index contributed by atoms with van der Waals surface area (Å²) in [6, 6.07) is 26.4.